The molecule has 110 valence electrons. The van der Waals surface area contributed by atoms with Crippen LogP contribution >= 0.6 is 0 Å². The average Bonchev–Trinajstić information content (AvgIpc) is 3.01. The molecule has 2 aliphatic rings. The van der Waals surface area contributed by atoms with Crippen LogP contribution in [-0.2, 0) is 6.42 Å². The van der Waals surface area contributed by atoms with Gasteiger partial charge in [-0.3, -0.25) is 0 Å². The summed E-state index contributed by atoms with van der Waals surface area (Å²) in [6.07, 6.45) is 6.30. The summed E-state index contributed by atoms with van der Waals surface area (Å²) >= 11 is 0. The smallest absolute Gasteiger partial charge is 0.132 e. The quantitative estimate of drug-likeness (QED) is 0.918. The molecule has 20 heavy (non-hydrogen) atoms. The Bertz CT molecular complexity index is 446. The lowest BCUT2D eigenvalue weighted by Crippen LogP contribution is -2.41. The third kappa shape index (κ3) is 2.95. The number of hydrogen-bond acceptors (Lipinski definition) is 4. The molecular weight excluding hydrogens is 248 g/mol. The van der Waals surface area contributed by atoms with Gasteiger partial charge in [0.05, 0.1) is 0 Å². The Morgan fingerprint density at radius 1 is 1.25 bits per heavy atom. The zero-order chi connectivity index (χ0) is 13.9. The van der Waals surface area contributed by atoms with Gasteiger partial charge < -0.3 is 10.2 Å². The van der Waals surface area contributed by atoms with Crippen LogP contribution in [-0.4, -0.2) is 35.6 Å². The van der Waals surface area contributed by atoms with Crippen molar-refractivity contribution in [3.63, 3.8) is 0 Å². The molecule has 1 unspecified atom stereocenters. The molecular formula is C16H26N4. The Kier molecular flexibility index (Phi) is 4.20. The lowest BCUT2D eigenvalue weighted by Gasteiger charge is -2.35. The maximum Gasteiger partial charge on any atom is 0.132 e. The largest absolute Gasteiger partial charge is 0.356 e. The van der Waals surface area contributed by atoms with E-state index in [-0.39, 0.29) is 0 Å². The van der Waals surface area contributed by atoms with E-state index in [4.69, 9.17) is 0 Å². The van der Waals surface area contributed by atoms with Crippen LogP contribution in [0.25, 0.3) is 0 Å². The van der Waals surface area contributed by atoms with Crippen LogP contribution in [0, 0.1) is 12.8 Å². The van der Waals surface area contributed by atoms with Gasteiger partial charge in [-0.2, -0.15) is 0 Å². The Balaban J connectivity index is 1.64. The predicted molar refractivity (Wildman–Crippen MR) is 82.1 cm³/mol. The van der Waals surface area contributed by atoms with Crippen molar-refractivity contribution in [2.24, 2.45) is 5.92 Å². The minimum atomic E-state index is 0.774. The van der Waals surface area contributed by atoms with Crippen LogP contribution in [0.15, 0.2) is 6.07 Å². The third-order valence-corrected chi connectivity index (χ3v) is 4.77. The third-order valence-electron chi connectivity index (χ3n) is 4.77. The van der Waals surface area contributed by atoms with Gasteiger partial charge in [-0.15, -0.1) is 0 Å². The van der Waals surface area contributed by atoms with Gasteiger partial charge in [0.2, 0.25) is 0 Å². The number of hydrogen-bond donors (Lipinski definition) is 1. The van der Waals surface area contributed by atoms with Crippen LogP contribution < -0.4 is 10.2 Å². The van der Waals surface area contributed by atoms with Crippen molar-refractivity contribution < 1.29 is 0 Å². The van der Waals surface area contributed by atoms with Gasteiger partial charge in [-0.05, 0) is 51.5 Å². The molecule has 0 radical (unpaired) electrons. The van der Waals surface area contributed by atoms with Gasteiger partial charge >= 0.3 is 0 Å². The summed E-state index contributed by atoms with van der Waals surface area (Å²) in [5.74, 6) is 2.90. The Hall–Kier alpha value is -1.16. The van der Waals surface area contributed by atoms with Gasteiger partial charge in [-0.1, -0.05) is 6.92 Å². The maximum absolute atomic E-state index is 4.63. The van der Waals surface area contributed by atoms with Crippen molar-refractivity contribution in [2.45, 2.75) is 52.0 Å². The van der Waals surface area contributed by atoms with Crippen LogP contribution in [0.2, 0.25) is 0 Å². The molecule has 1 aromatic heterocycles. The molecule has 4 nitrogen and oxygen atoms in total. The summed E-state index contributed by atoms with van der Waals surface area (Å²) in [5, 5.41) is 3.66. The first-order valence-electron chi connectivity index (χ1n) is 8.09. The minimum Gasteiger partial charge on any atom is -0.356 e. The second kappa shape index (κ2) is 6.08. The molecule has 0 aliphatic carbocycles. The second-order valence-electron chi connectivity index (χ2n) is 6.15. The van der Waals surface area contributed by atoms with Gasteiger partial charge in [0.25, 0.3) is 0 Å². The SMILES string of the molecule is CCc1cc(N2CCC(C3CCCN3)CC2)nc(C)n1. The van der Waals surface area contributed by atoms with E-state index in [1.807, 2.05) is 6.92 Å². The highest BCUT2D eigenvalue weighted by Gasteiger charge is 2.28. The molecule has 0 bridgehead atoms. The highest BCUT2D eigenvalue weighted by Crippen LogP contribution is 2.27. The summed E-state index contributed by atoms with van der Waals surface area (Å²) in [5.41, 5.74) is 1.16. The van der Waals surface area contributed by atoms with E-state index in [9.17, 15) is 0 Å². The average molecular weight is 274 g/mol. The van der Waals surface area contributed by atoms with Gasteiger partial charge in [0.1, 0.15) is 11.6 Å². The zero-order valence-electron chi connectivity index (χ0n) is 12.7. The van der Waals surface area contributed by atoms with E-state index in [2.05, 4.69) is 33.2 Å². The summed E-state index contributed by atoms with van der Waals surface area (Å²) in [7, 11) is 0. The zero-order valence-corrected chi connectivity index (χ0v) is 12.7. The van der Waals surface area contributed by atoms with Crippen molar-refractivity contribution in [1.82, 2.24) is 15.3 Å². The highest BCUT2D eigenvalue weighted by molar-refractivity contribution is 5.40. The molecule has 3 rings (SSSR count). The molecule has 0 spiro atoms. The van der Waals surface area contributed by atoms with Gasteiger partial charge in [0, 0.05) is 30.9 Å². The minimum absolute atomic E-state index is 0.774. The summed E-state index contributed by atoms with van der Waals surface area (Å²) in [4.78, 5) is 11.5. The summed E-state index contributed by atoms with van der Waals surface area (Å²) < 4.78 is 0. The van der Waals surface area contributed by atoms with E-state index >= 15 is 0 Å². The molecule has 3 heterocycles. The first-order chi connectivity index (χ1) is 9.76. The highest BCUT2D eigenvalue weighted by atomic mass is 15.2. The number of aryl methyl sites for hydroxylation is 2. The molecule has 4 heteroatoms. The van der Waals surface area contributed by atoms with E-state index in [1.165, 1.54) is 32.2 Å². The standard InChI is InChI=1S/C16H26N4/c1-3-14-11-16(19-12(2)18-14)20-9-6-13(7-10-20)15-5-4-8-17-15/h11,13,15,17H,3-10H2,1-2H3. The normalized spacial score (nSPS) is 24.3. The van der Waals surface area contributed by atoms with Crippen molar-refractivity contribution in [3.8, 4) is 0 Å². The Morgan fingerprint density at radius 3 is 2.70 bits per heavy atom. The van der Waals surface area contributed by atoms with Gasteiger partial charge in [-0.25, -0.2) is 9.97 Å². The fourth-order valence-corrected chi connectivity index (χ4v) is 3.60. The number of aromatic nitrogens is 2. The number of anilines is 1. The summed E-state index contributed by atoms with van der Waals surface area (Å²) in [6.45, 7) is 7.65. The fraction of sp³-hybridized carbons (Fsp3) is 0.750. The lowest BCUT2D eigenvalue weighted by molar-refractivity contribution is 0.318. The molecule has 2 aliphatic heterocycles. The molecule has 0 aromatic carbocycles. The van der Waals surface area contributed by atoms with Gasteiger partial charge in [0.15, 0.2) is 0 Å². The predicted octanol–water partition coefficient (Wildman–Crippen LogP) is 2.32. The van der Waals surface area contributed by atoms with E-state index in [0.717, 1.165) is 48.8 Å². The maximum atomic E-state index is 4.63. The van der Waals surface area contributed by atoms with Crippen LogP contribution in [0.5, 0.6) is 0 Å². The first-order valence-corrected chi connectivity index (χ1v) is 8.09. The molecule has 2 fully saturated rings. The molecule has 1 aromatic rings. The number of nitrogens with one attached hydrogen (secondary N) is 1. The summed E-state index contributed by atoms with van der Waals surface area (Å²) in [6, 6.07) is 2.94. The molecule has 2 saturated heterocycles. The Labute approximate surface area is 122 Å². The molecule has 1 N–H and O–H groups in total. The van der Waals surface area contributed by atoms with Crippen LogP contribution in [0.1, 0.15) is 44.1 Å². The fourth-order valence-electron chi connectivity index (χ4n) is 3.60. The molecule has 1 atom stereocenters. The van der Waals surface area contributed by atoms with Crippen molar-refractivity contribution in [2.75, 3.05) is 24.5 Å². The topological polar surface area (TPSA) is 41.0 Å². The van der Waals surface area contributed by atoms with Crippen molar-refractivity contribution >= 4 is 5.82 Å². The van der Waals surface area contributed by atoms with E-state index < -0.39 is 0 Å². The number of nitrogens with zero attached hydrogens (tertiary/aromatic N) is 3. The van der Waals surface area contributed by atoms with Crippen LogP contribution in [0.4, 0.5) is 5.82 Å². The van der Waals surface area contributed by atoms with E-state index in [1.54, 1.807) is 0 Å². The number of piperidine rings is 1. The first kappa shape index (κ1) is 13.8. The van der Waals surface area contributed by atoms with Crippen LogP contribution in [0.3, 0.4) is 0 Å². The number of rotatable bonds is 3. The molecule has 0 amide bonds. The lowest BCUT2D eigenvalue weighted by atomic mass is 9.88. The monoisotopic (exact) mass is 274 g/mol. The molecule has 0 saturated carbocycles. The second-order valence-corrected chi connectivity index (χ2v) is 6.15. The van der Waals surface area contributed by atoms with Crippen molar-refractivity contribution in [1.29, 1.82) is 0 Å². The van der Waals surface area contributed by atoms with Crippen molar-refractivity contribution in [3.05, 3.63) is 17.6 Å². The Morgan fingerprint density at radius 2 is 2.05 bits per heavy atom. The van der Waals surface area contributed by atoms with E-state index in [0.29, 0.717) is 0 Å².